The predicted molar refractivity (Wildman–Crippen MR) is 48.7 cm³/mol. The lowest BCUT2D eigenvalue weighted by Gasteiger charge is -2.04. The average molecular weight is 163 g/mol. The second-order valence-corrected chi connectivity index (χ2v) is 2.59. The number of hydrogen-bond donors (Lipinski definition) is 2. The van der Waals surface area contributed by atoms with Crippen LogP contribution in [0.25, 0.3) is 0 Å². The van der Waals surface area contributed by atoms with Crippen LogP contribution in [0, 0.1) is 6.92 Å². The topological polar surface area (TPSA) is 32.3 Å². The van der Waals surface area contributed by atoms with E-state index in [1.54, 1.807) is 6.07 Å². The zero-order chi connectivity index (χ0) is 8.81. The Bertz CT molecular complexity index is 235. The van der Waals surface area contributed by atoms with Crippen LogP contribution < -0.4 is 5.32 Å². The third kappa shape index (κ3) is 2.55. The Morgan fingerprint density at radius 2 is 2.08 bits per heavy atom. The van der Waals surface area contributed by atoms with Crippen molar-refractivity contribution in [3.05, 3.63) is 36.8 Å². The number of hydrogen-bond acceptors (Lipinski definition) is 2. The molecule has 0 aliphatic heterocycles. The molecule has 0 bridgehead atoms. The van der Waals surface area contributed by atoms with Crippen molar-refractivity contribution in [2.75, 3.05) is 6.54 Å². The molecule has 1 aromatic carbocycles. The van der Waals surface area contributed by atoms with E-state index in [-0.39, 0.29) is 0 Å². The van der Waals surface area contributed by atoms with Gasteiger partial charge in [0.1, 0.15) is 5.75 Å². The summed E-state index contributed by atoms with van der Waals surface area (Å²) < 4.78 is 0. The summed E-state index contributed by atoms with van der Waals surface area (Å²) in [6, 6.07) is 7.28. The Morgan fingerprint density at radius 1 is 1.33 bits per heavy atom. The molecule has 0 unspecified atom stereocenters. The van der Waals surface area contributed by atoms with Crippen molar-refractivity contribution < 1.29 is 5.11 Å². The first-order valence-corrected chi connectivity index (χ1v) is 4.02. The van der Waals surface area contributed by atoms with Crippen LogP contribution in [0.5, 0.6) is 5.75 Å². The zero-order valence-corrected chi connectivity index (χ0v) is 6.96. The van der Waals surface area contributed by atoms with Gasteiger partial charge in [-0.2, -0.15) is 0 Å². The minimum absolute atomic E-state index is 0.335. The highest BCUT2D eigenvalue weighted by molar-refractivity contribution is 5.31. The van der Waals surface area contributed by atoms with Crippen LogP contribution in [0.4, 0.5) is 0 Å². The highest BCUT2D eigenvalue weighted by atomic mass is 16.3. The van der Waals surface area contributed by atoms with Gasteiger partial charge in [0.05, 0.1) is 0 Å². The van der Waals surface area contributed by atoms with Crippen LogP contribution in [-0.2, 0) is 6.54 Å². The zero-order valence-electron chi connectivity index (χ0n) is 6.96. The maximum Gasteiger partial charge on any atom is 0.120 e. The van der Waals surface area contributed by atoms with Gasteiger partial charge in [0.25, 0.3) is 0 Å². The summed E-state index contributed by atoms with van der Waals surface area (Å²) >= 11 is 0. The number of phenolic OH excluding ortho intramolecular Hbond substituents is 1. The molecule has 0 saturated heterocycles. The molecular formula is C10H13NO. The van der Waals surface area contributed by atoms with Gasteiger partial charge in [0.2, 0.25) is 0 Å². The van der Waals surface area contributed by atoms with Gasteiger partial charge in [-0.05, 0) is 26.0 Å². The molecule has 1 aromatic rings. The molecule has 0 heterocycles. The molecule has 12 heavy (non-hydrogen) atoms. The van der Waals surface area contributed by atoms with E-state index >= 15 is 0 Å². The SMILES string of the molecule is [CH]CCNCc1ccccc1O. The molecular weight excluding hydrogens is 150 g/mol. The molecule has 0 fully saturated rings. The molecule has 1 rings (SSSR count). The highest BCUT2D eigenvalue weighted by Crippen LogP contribution is 2.14. The van der Waals surface area contributed by atoms with Crippen LogP contribution in [0.1, 0.15) is 12.0 Å². The smallest absolute Gasteiger partial charge is 0.120 e. The Balaban J connectivity index is 2.46. The van der Waals surface area contributed by atoms with E-state index in [2.05, 4.69) is 5.32 Å². The summed E-state index contributed by atoms with van der Waals surface area (Å²) in [4.78, 5) is 0. The fourth-order valence-corrected chi connectivity index (χ4v) is 0.985. The third-order valence-electron chi connectivity index (χ3n) is 1.63. The molecule has 0 aromatic heterocycles. The van der Waals surface area contributed by atoms with Gasteiger partial charge in [-0.1, -0.05) is 18.2 Å². The van der Waals surface area contributed by atoms with E-state index in [4.69, 9.17) is 6.92 Å². The Hall–Kier alpha value is -1.02. The van der Waals surface area contributed by atoms with Crippen LogP contribution in [0.2, 0.25) is 0 Å². The fraction of sp³-hybridized carbons (Fsp3) is 0.300. The van der Waals surface area contributed by atoms with Gasteiger partial charge in [0.15, 0.2) is 0 Å². The van der Waals surface area contributed by atoms with Crippen molar-refractivity contribution in [3.8, 4) is 5.75 Å². The normalized spacial score (nSPS) is 10.1. The standard InChI is InChI=1S/C10H13NO/c1-2-7-11-8-9-5-3-4-6-10(9)12/h1,3-6,11-12H,2,7-8H2. The third-order valence-corrected chi connectivity index (χ3v) is 1.63. The summed E-state index contributed by atoms with van der Waals surface area (Å²) in [6.07, 6.45) is 0.619. The van der Waals surface area contributed by atoms with Crippen molar-refractivity contribution in [2.45, 2.75) is 13.0 Å². The molecule has 0 spiro atoms. The average Bonchev–Trinajstić information content (AvgIpc) is 2.09. The van der Waals surface area contributed by atoms with E-state index < -0.39 is 0 Å². The van der Waals surface area contributed by atoms with Crippen molar-refractivity contribution in [2.24, 2.45) is 0 Å². The second kappa shape index (κ2) is 4.78. The lowest BCUT2D eigenvalue weighted by molar-refractivity contribution is 0.464. The monoisotopic (exact) mass is 163 g/mol. The fourth-order valence-electron chi connectivity index (χ4n) is 0.985. The molecule has 0 amide bonds. The van der Waals surface area contributed by atoms with Crippen LogP contribution in [0.3, 0.4) is 0 Å². The second-order valence-electron chi connectivity index (χ2n) is 2.59. The molecule has 0 atom stereocenters. The first kappa shape index (κ1) is 9.07. The predicted octanol–water partition coefficient (Wildman–Crippen LogP) is 1.58. The molecule has 2 heteroatoms. The van der Waals surface area contributed by atoms with E-state index in [0.29, 0.717) is 18.7 Å². The van der Waals surface area contributed by atoms with Gasteiger partial charge < -0.3 is 10.4 Å². The maximum absolute atomic E-state index is 9.34. The largest absolute Gasteiger partial charge is 0.508 e. The van der Waals surface area contributed by atoms with Crippen molar-refractivity contribution in [3.63, 3.8) is 0 Å². The van der Waals surface area contributed by atoms with Crippen molar-refractivity contribution in [1.82, 2.24) is 5.32 Å². The molecule has 2 nitrogen and oxygen atoms in total. The highest BCUT2D eigenvalue weighted by Gasteiger charge is 1.96. The molecule has 0 saturated carbocycles. The van der Waals surface area contributed by atoms with Crippen LogP contribution in [0.15, 0.2) is 24.3 Å². The first-order chi connectivity index (χ1) is 5.84. The molecule has 0 aliphatic carbocycles. The summed E-state index contributed by atoms with van der Waals surface area (Å²) in [5.74, 6) is 0.335. The minimum atomic E-state index is 0.335. The van der Waals surface area contributed by atoms with Crippen LogP contribution >= 0.6 is 0 Å². The Kier molecular flexibility index (Phi) is 3.61. The van der Waals surface area contributed by atoms with Gasteiger partial charge in [-0.15, -0.1) is 0 Å². The molecule has 64 valence electrons. The van der Waals surface area contributed by atoms with Gasteiger partial charge >= 0.3 is 0 Å². The number of benzene rings is 1. The van der Waals surface area contributed by atoms with Crippen molar-refractivity contribution in [1.29, 1.82) is 0 Å². The maximum atomic E-state index is 9.34. The lowest BCUT2D eigenvalue weighted by Crippen LogP contribution is -2.13. The van der Waals surface area contributed by atoms with E-state index in [9.17, 15) is 5.11 Å². The van der Waals surface area contributed by atoms with Gasteiger partial charge in [-0.25, -0.2) is 0 Å². The number of para-hydroxylation sites is 1. The minimum Gasteiger partial charge on any atom is -0.508 e. The van der Waals surface area contributed by atoms with Gasteiger partial charge in [-0.3, -0.25) is 0 Å². The quantitative estimate of drug-likeness (QED) is 0.660. The summed E-state index contributed by atoms with van der Waals surface area (Å²) in [6.45, 7) is 6.75. The number of nitrogens with one attached hydrogen (secondary N) is 1. The first-order valence-electron chi connectivity index (χ1n) is 4.02. The number of aromatic hydroxyl groups is 1. The Labute approximate surface area is 73.2 Å². The molecule has 0 aliphatic rings. The van der Waals surface area contributed by atoms with Crippen molar-refractivity contribution >= 4 is 0 Å². The van der Waals surface area contributed by atoms with Gasteiger partial charge in [0, 0.05) is 12.1 Å². The van der Waals surface area contributed by atoms with E-state index in [0.717, 1.165) is 12.1 Å². The summed E-state index contributed by atoms with van der Waals surface area (Å²) in [7, 11) is 0. The van der Waals surface area contributed by atoms with E-state index in [1.807, 2.05) is 18.2 Å². The molecule has 2 radical (unpaired) electrons. The number of phenols is 1. The molecule has 2 N–H and O–H groups in total. The lowest BCUT2D eigenvalue weighted by atomic mass is 10.2. The summed E-state index contributed by atoms with van der Waals surface area (Å²) in [5.41, 5.74) is 0.908. The number of rotatable bonds is 4. The van der Waals surface area contributed by atoms with E-state index in [1.165, 1.54) is 0 Å². The Morgan fingerprint density at radius 3 is 2.75 bits per heavy atom. The van der Waals surface area contributed by atoms with Crippen LogP contribution in [-0.4, -0.2) is 11.7 Å². The summed E-state index contributed by atoms with van der Waals surface area (Å²) in [5, 5.41) is 12.4.